The van der Waals surface area contributed by atoms with Crippen molar-refractivity contribution < 1.29 is 14.7 Å². The van der Waals surface area contributed by atoms with E-state index < -0.39 is 18.0 Å². The first-order chi connectivity index (χ1) is 9.04. The summed E-state index contributed by atoms with van der Waals surface area (Å²) in [6, 6.07) is 0.589. The molecular formula is C11H15BrN2O3S2. The lowest BCUT2D eigenvalue weighted by Crippen LogP contribution is -2.46. The number of carbonyl (C=O) groups excluding carboxylic acids is 1. The Morgan fingerprint density at radius 2 is 2.32 bits per heavy atom. The van der Waals surface area contributed by atoms with Crippen molar-refractivity contribution in [3.05, 3.63) is 20.8 Å². The third kappa shape index (κ3) is 5.84. The number of carbonyl (C=O) groups is 2. The zero-order chi connectivity index (χ0) is 14.3. The predicted octanol–water partition coefficient (Wildman–Crippen LogP) is 2.52. The number of carboxylic acid groups (broad SMARTS) is 1. The van der Waals surface area contributed by atoms with Gasteiger partial charge in [0.25, 0.3) is 0 Å². The maximum absolute atomic E-state index is 11.6. The predicted molar refractivity (Wildman–Crippen MR) is 81.8 cm³/mol. The highest BCUT2D eigenvalue weighted by Gasteiger charge is 2.19. The van der Waals surface area contributed by atoms with Crippen LogP contribution in [-0.4, -0.2) is 35.2 Å². The molecule has 0 radical (unpaired) electrons. The standard InChI is InChI=1S/C11H15BrN2O3S2/c1-18-4-3-8(10(15)16)14-11(17)13-6-9-7(12)2-5-19-9/h2,5,8H,3-4,6H2,1H3,(H,15,16)(H2,13,14,17)/t8-/m0/s1. The molecular weight excluding hydrogens is 352 g/mol. The lowest BCUT2D eigenvalue weighted by molar-refractivity contribution is -0.139. The van der Waals surface area contributed by atoms with E-state index in [9.17, 15) is 9.59 Å². The van der Waals surface area contributed by atoms with Crippen molar-refractivity contribution in [2.24, 2.45) is 0 Å². The van der Waals surface area contributed by atoms with Crippen molar-refractivity contribution >= 4 is 51.0 Å². The molecule has 0 aliphatic rings. The van der Waals surface area contributed by atoms with Gasteiger partial charge in [0.05, 0.1) is 6.54 Å². The second-order valence-electron chi connectivity index (χ2n) is 3.69. The summed E-state index contributed by atoms with van der Waals surface area (Å²) in [7, 11) is 0. The molecule has 8 heteroatoms. The molecule has 0 aliphatic heterocycles. The minimum absolute atomic E-state index is 0.374. The number of carboxylic acids is 1. The van der Waals surface area contributed by atoms with E-state index in [1.807, 2.05) is 17.7 Å². The number of amides is 2. The lowest BCUT2D eigenvalue weighted by atomic mass is 10.2. The van der Waals surface area contributed by atoms with Gasteiger partial charge in [-0.2, -0.15) is 11.8 Å². The van der Waals surface area contributed by atoms with Gasteiger partial charge in [-0.25, -0.2) is 9.59 Å². The smallest absolute Gasteiger partial charge is 0.326 e. The van der Waals surface area contributed by atoms with E-state index >= 15 is 0 Å². The van der Waals surface area contributed by atoms with Crippen molar-refractivity contribution in [2.75, 3.05) is 12.0 Å². The van der Waals surface area contributed by atoms with Crippen LogP contribution in [0.2, 0.25) is 0 Å². The van der Waals surface area contributed by atoms with Gasteiger partial charge in [-0.3, -0.25) is 0 Å². The van der Waals surface area contributed by atoms with Gasteiger partial charge >= 0.3 is 12.0 Å². The number of thiophene rings is 1. The van der Waals surface area contributed by atoms with Crippen molar-refractivity contribution in [2.45, 2.75) is 19.0 Å². The summed E-state index contributed by atoms with van der Waals surface area (Å²) >= 11 is 6.44. The summed E-state index contributed by atoms with van der Waals surface area (Å²) in [5, 5.41) is 16.0. The summed E-state index contributed by atoms with van der Waals surface area (Å²) in [6.45, 7) is 0.374. The summed E-state index contributed by atoms with van der Waals surface area (Å²) < 4.78 is 0.940. The first-order valence-corrected chi connectivity index (χ1v) is 8.59. The third-order valence-corrected chi connectivity index (χ3v) is 4.88. The van der Waals surface area contributed by atoms with Crippen molar-refractivity contribution in [3.8, 4) is 0 Å². The third-order valence-electron chi connectivity index (χ3n) is 2.31. The molecule has 106 valence electrons. The average Bonchev–Trinajstić information content (AvgIpc) is 2.77. The Balaban J connectivity index is 2.40. The first kappa shape index (κ1) is 16.3. The minimum atomic E-state index is -1.01. The summed E-state index contributed by atoms with van der Waals surface area (Å²) in [5.41, 5.74) is 0. The fourth-order valence-electron chi connectivity index (χ4n) is 1.31. The van der Waals surface area contributed by atoms with E-state index in [1.165, 1.54) is 11.3 Å². The van der Waals surface area contributed by atoms with E-state index in [1.54, 1.807) is 11.8 Å². The number of urea groups is 1. The molecule has 0 saturated heterocycles. The fraction of sp³-hybridized carbons (Fsp3) is 0.455. The molecule has 1 aromatic rings. The van der Waals surface area contributed by atoms with Gasteiger partial charge in [0.15, 0.2) is 0 Å². The second-order valence-corrected chi connectivity index (χ2v) is 6.53. The SMILES string of the molecule is CSCC[C@H](NC(=O)NCc1sccc1Br)C(=O)O. The average molecular weight is 367 g/mol. The van der Waals surface area contributed by atoms with Gasteiger partial charge < -0.3 is 15.7 Å². The molecule has 5 nitrogen and oxygen atoms in total. The van der Waals surface area contributed by atoms with Gasteiger partial charge in [0.1, 0.15) is 6.04 Å². The molecule has 1 atom stereocenters. The lowest BCUT2D eigenvalue weighted by Gasteiger charge is -2.14. The number of aliphatic carboxylic acids is 1. The number of halogens is 1. The van der Waals surface area contributed by atoms with Crippen molar-refractivity contribution in [3.63, 3.8) is 0 Å². The normalized spacial score (nSPS) is 11.9. The Hall–Kier alpha value is -0.730. The van der Waals surface area contributed by atoms with Crippen LogP contribution in [0.1, 0.15) is 11.3 Å². The molecule has 1 heterocycles. The second kappa shape index (κ2) is 8.44. The number of hydrogen-bond donors (Lipinski definition) is 3. The van der Waals surface area contributed by atoms with E-state index in [0.717, 1.165) is 9.35 Å². The highest BCUT2D eigenvalue weighted by atomic mass is 79.9. The Labute approximate surface area is 128 Å². The molecule has 0 saturated carbocycles. The monoisotopic (exact) mass is 366 g/mol. The Bertz CT molecular complexity index is 439. The Morgan fingerprint density at radius 1 is 1.58 bits per heavy atom. The van der Waals surface area contributed by atoms with Crippen LogP contribution in [-0.2, 0) is 11.3 Å². The first-order valence-electron chi connectivity index (χ1n) is 5.52. The molecule has 0 aliphatic carbocycles. The van der Waals surface area contributed by atoms with E-state index in [-0.39, 0.29) is 0 Å². The Morgan fingerprint density at radius 3 is 2.84 bits per heavy atom. The Kier molecular flexibility index (Phi) is 7.25. The number of rotatable bonds is 7. The zero-order valence-electron chi connectivity index (χ0n) is 10.3. The van der Waals surface area contributed by atoms with Crippen LogP contribution >= 0.6 is 39.0 Å². The summed E-state index contributed by atoms with van der Waals surface area (Å²) in [5.74, 6) is -0.324. The molecule has 19 heavy (non-hydrogen) atoms. The topological polar surface area (TPSA) is 78.4 Å². The summed E-state index contributed by atoms with van der Waals surface area (Å²) in [4.78, 5) is 23.6. The fourth-order valence-corrected chi connectivity index (χ4v) is 3.22. The van der Waals surface area contributed by atoms with Crippen LogP contribution in [0.4, 0.5) is 4.79 Å². The maximum Gasteiger partial charge on any atom is 0.326 e. The molecule has 0 fully saturated rings. The van der Waals surface area contributed by atoms with Crippen LogP contribution < -0.4 is 10.6 Å². The molecule has 0 spiro atoms. The van der Waals surface area contributed by atoms with E-state index in [2.05, 4.69) is 26.6 Å². The van der Waals surface area contributed by atoms with Crippen LogP contribution in [0.15, 0.2) is 15.9 Å². The minimum Gasteiger partial charge on any atom is -0.480 e. The molecule has 3 N–H and O–H groups in total. The molecule has 1 aromatic heterocycles. The molecule has 0 unspecified atom stereocenters. The maximum atomic E-state index is 11.6. The molecule has 1 rings (SSSR count). The van der Waals surface area contributed by atoms with Crippen LogP contribution in [0, 0.1) is 0 Å². The highest BCUT2D eigenvalue weighted by molar-refractivity contribution is 9.10. The van der Waals surface area contributed by atoms with Crippen LogP contribution in [0.25, 0.3) is 0 Å². The molecule has 0 aromatic carbocycles. The van der Waals surface area contributed by atoms with Gasteiger partial charge in [0.2, 0.25) is 0 Å². The van der Waals surface area contributed by atoms with Gasteiger partial charge in [-0.15, -0.1) is 11.3 Å². The van der Waals surface area contributed by atoms with Crippen LogP contribution in [0.3, 0.4) is 0 Å². The number of nitrogens with one attached hydrogen (secondary N) is 2. The zero-order valence-corrected chi connectivity index (χ0v) is 13.5. The van der Waals surface area contributed by atoms with Crippen molar-refractivity contribution in [1.82, 2.24) is 10.6 Å². The molecule has 2 amide bonds. The van der Waals surface area contributed by atoms with Gasteiger partial charge in [0, 0.05) is 9.35 Å². The highest BCUT2D eigenvalue weighted by Crippen LogP contribution is 2.21. The van der Waals surface area contributed by atoms with Gasteiger partial charge in [-0.1, -0.05) is 0 Å². The van der Waals surface area contributed by atoms with E-state index in [0.29, 0.717) is 18.7 Å². The molecule has 0 bridgehead atoms. The summed E-state index contributed by atoms with van der Waals surface area (Å²) in [6.07, 6.45) is 2.31. The number of hydrogen-bond acceptors (Lipinski definition) is 4. The largest absolute Gasteiger partial charge is 0.480 e. The van der Waals surface area contributed by atoms with Gasteiger partial charge in [-0.05, 0) is 45.8 Å². The van der Waals surface area contributed by atoms with E-state index in [4.69, 9.17) is 5.11 Å². The van der Waals surface area contributed by atoms with Crippen molar-refractivity contribution in [1.29, 1.82) is 0 Å². The van der Waals surface area contributed by atoms with Crippen LogP contribution in [0.5, 0.6) is 0 Å². The number of thioether (sulfide) groups is 1. The quantitative estimate of drug-likeness (QED) is 0.692.